The maximum Gasteiger partial charge on any atom is 0.417 e. The second kappa shape index (κ2) is 8.57. The number of nitrogens with zero attached hydrogens (tertiary/aromatic N) is 3. The Morgan fingerprint density at radius 3 is 2.60 bits per heavy atom. The lowest BCUT2D eigenvalue weighted by Gasteiger charge is -2.35. The predicted octanol–water partition coefficient (Wildman–Crippen LogP) is 2.62. The molecular formula is C15H20ClF3N4O2. The van der Waals surface area contributed by atoms with E-state index >= 15 is 0 Å². The molecule has 0 spiro atoms. The topological polar surface area (TPSA) is 57.7 Å². The summed E-state index contributed by atoms with van der Waals surface area (Å²) in [6.07, 6.45) is -4.10. The Hall–Kier alpha value is -1.74. The Bertz CT molecular complexity index is 593. The second-order valence-electron chi connectivity index (χ2n) is 5.50. The normalized spacial score (nSPS) is 16.0. The van der Waals surface area contributed by atoms with E-state index in [1.165, 1.54) is 0 Å². The van der Waals surface area contributed by atoms with Crippen LogP contribution in [0.15, 0.2) is 12.3 Å². The van der Waals surface area contributed by atoms with Crippen LogP contribution in [0, 0.1) is 0 Å². The van der Waals surface area contributed by atoms with E-state index in [4.69, 9.17) is 16.3 Å². The first-order chi connectivity index (χ1) is 11.8. The smallest absolute Gasteiger partial charge is 0.417 e. The molecule has 1 amide bonds. The molecule has 0 radical (unpaired) electrons. The highest BCUT2D eigenvalue weighted by Gasteiger charge is 2.32. The molecule has 10 heteroatoms. The first kappa shape index (κ1) is 19.6. The van der Waals surface area contributed by atoms with Crippen LogP contribution >= 0.6 is 11.6 Å². The lowest BCUT2D eigenvalue weighted by Crippen LogP contribution is -2.48. The van der Waals surface area contributed by atoms with E-state index in [0.717, 1.165) is 12.3 Å². The van der Waals surface area contributed by atoms with Gasteiger partial charge in [0.05, 0.1) is 17.2 Å². The molecule has 0 atom stereocenters. The molecule has 0 aromatic carbocycles. The van der Waals surface area contributed by atoms with Crippen LogP contribution in [-0.2, 0) is 10.9 Å². The fraction of sp³-hybridized carbons (Fsp3) is 0.600. The molecule has 0 bridgehead atoms. The van der Waals surface area contributed by atoms with Gasteiger partial charge in [-0.05, 0) is 13.0 Å². The van der Waals surface area contributed by atoms with E-state index in [0.29, 0.717) is 51.7 Å². The van der Waals surface area contributed by atoms with Crippen LogP contribution in [0.4, 0.5) is 23.8 Å². The maximum atomic E-state index is 12.7. The molecule has 0 aliphatic carbocycles. The Morgan fingerprint density at radius 2 is 2.04 bits per heavy atom. The van der Waals surface area contributed by atoms with Crippen LogP contribution in [-0.4, -0.2) is 61.9 Å². The molecule has 1 aromatic heterocycles. The van der Waals surface area contributed by atoms with Crippen molar-refractivity contribution in [3.05, 3.63) is 22.8 Å². The third kappa shape index (κ3) is 5.64. The number of hydrogen-bond donors (Lipinski definition) is 1. The number of amides is 1. The van der Waals surface area contributed by atoms with Crippen LogP contribution < -0.4 is 10.2 Å². The number of piperazine rings is 1. The van der Waals surface area contributed by atoms with Gasteiger partial charge in [0, 0.05) is 45.5 Å². The van der Waals surface area contributed by atoms with Gasteiger partial charge >= 0.3 is 12.3 Å². The first-order valence-electron chi connectivity index (χ1n) is 7.92. The average Bonchev–Trinajstić information content (AvgIpc) is 2.55. The van der Waals surface area contributed by atoms with Gasteiger partial charge in [0.25, 0.3) is 0 Å². The van der Waals surface area contributed by atoms with Crippen LogP contribution in [0.3, 0.4) is 0 Å². The Labute approximate surface area is 148 Å². The van der Waals surface area contributed by atoms with Crippen molar-refractivity contribution in [2.24, 2.45) is 0 Å². The number of pyridine rings is 1. The van der Waals surface area contributed by atoms with Crippen molar-refractivity contribution in [1.29, 1.82) is 0 Å². The van der Waals surface area contributed by atoms with E-state index in [-0.39, 0.29) is 5.02 Å². The number of hydrogen-bond acceptors (Lipinski definition) is 5. The molecule has 0 unspecified atom stereocenters. The second-order valence-corrected chi connectivity index (χ2v) is 5.91. The molecule has 2 rings (SSSR count). The minimum absolute atomic E-state index is 0.00717. The van der Waals surface area contributed by atoms with Crippen LogP contribution in [0.25, 0.3) is 0 Å². The summed E-state index contributed by atoms with van der Waals surface area (Å²) in [6, 6.07) is 0.902. The maximum absolute atomic E-state index is 12.7. The third-order valence-electron chi connectivity index (χ3n) is 3.79. The highest BCUT2D eigenvalue weighted by Crippen LogP contribution is 2.33. The van der Waals surface area contributed by atoms with Gasteiger partial charge in [-0.3, -0.25) is 4.90 Å². The molecule has 6 nitrogen and oxygen atoms in total. The number of rotatable bonds is 5. The SMILES string of the molecule is CCOC(=O)NCCN1CCN(c2ncc(C(F)(F)F)cc2Cl)CC1. The number of nitrogens with one attached hydrogen (secondary N) is 1. The summed E-state index contributed by atoms with van der Waals surface area (Å²) in [6.45, 7) is 5.78. The number of anilines is 1. The zero-order chi connectivity index (χ0) is 18.4. The predicted molar refractivity (Wildman–Crippen MR) is 87.9 cm³/mol. The number of alkyl halides is 3. The van der Waals surface area contributed by atoms with Gasteiger partial charge in [-0.1, -0.05) is 11.6 Å². The van der Waals surface area contributed by atoms with Crippen molar-refractivity contribution in [3.8, 4) is 0 Å². The Morgan fingerprint density at radius 1 is 1.36 bits per heavy atom. The first-order valence-corrected chi connectivity index (χ1v) is 8.29. The molecule has 140 valence electrons. The highest BCUT2D eigenvalue weighted by atomic mass is 35.5. The fourth-order valence-electron chi connectivity index (χ4n) is 2.50. The minimum Gasteiger partial charge on any atom is -0.450 e. The largest absolute Gasteiger partial charge is 0.450 e. The highest BCUT2D eigenvalue weighted by molar-refractivity contribution is 6.33. The van der Waals surface area contributed by atoms with Gasteiger partial charge in [-0.15, -0.1) is 0 Å². The summed E-state index contributed by atoms with van der Waals surface area (Å²) in [7, 11) is 0. The lowest BCUT2D eigenvalue weighted by atomic mass is 10.2. The molecule has 1 fully saturated rings. The number of aromatic nitrogens is 1. The van der Waals surface area contributed by atoms with E-state index in [2.05, 4.69) is 15.2 Å². The van der Waals surface area contributed by atoms with Crippen LogP contribution in [0.2, 0.25) is 5.02 Å². The molecule has 1 aliphatic heterocycles. The van der Waals surface area contributed by atoms with Crippen molar-refractivity contribution in [2.75, 3.05) is 50.8 Å². The van der Waals surface area contributed by atoms with Crippen molar-refractivity contribution in [3.63, 3.8) is 0 Å². The summed E-state index contributed by atoms with van der Waals surface area (Å²) < 4.78 is 42.7. The van der Waals surface area contributed by atoms with Crippen LogP contribution in [0.1, 0.15) is 12.5 Å². The Balaban J connectivity index is 1.83. The third-order valence-corrected chi connectivity index (χ3v) is 4.07. The van der Waals surface area contributed by atoms with Gasteiger partial charge in [0.1, 0.15) is 5.82 Å². The average molecular weight is 381 g/mol. The van der Waals surface area contributed by atoms with Crippen LogP contribution in [0.5, 0.6) is 0 Å². The molecule has 1 N–H and O–H groups in total. The van der Waals surface area contributed by atoms with E-state index in [1.54, 1.807) is 6.92 Å². The zero-order valence-electron chi connectivity index (χ0n) is 13.8. The molecule has 1 aromatic rings. The van der Waals surface area contributed by atoms with Crippen molar-refractivity contribution >= 4 is 23.5 Å². The zero-order valence-corrected chi connectivity index (χ0v) is 14.5. The summed E-state index contributed by atoms with van der Waals surface area (Å²) in [4.78, 5) is 19.1. The Kier molecular flexibility index (Phi) is 6.71. The molecule has 1 saturated heterocycles. The number of carbonyl (C=O) groups is 1. The fourth-order valence-corrected chi connectivity index (χ4v) is 2.79. The monoisotopic (exact) mass is 380 g/mol. The van der Waals surface area contributed by atoms with Gasteiger partial charge in [0.2, 0.25) is 0 Å². The van der Waals surface area contributed by atoms with Crippen molar-refractivity contribution in [2.45, 2.75) is 13.1 Å². The summed E-state index contributed by atoms with van der Waals surface area (Å²) in [5, 5.41) is 2.64. The summed E-state index contributed by atoms with van der Waals surface area (Å²) in [5.74, 6) is 0.360. The standard InChI is InChI=1S/C15H20ClF3N4O2/c1-2-25-14(24)20-3-4-22-5-7-23(8-6-22)13-12(16)9-11(10-21-13)15(17,18)19/h9-10H,2-8H2,1H3,(H,20,24). The number of carbonyl (C=O) groups excluding carboxylic acids is 1. The van der Waals surface area contributed by atoms with Gasteiger partial charge in [-0.2, -0.15) is 13.2 Å². The lowest BCUT2D eigenvalue weighted by molar-refractivity contribution is -0.137. The molecule has 25 heavy (non-hydrogen) atoms. The number of alkyl carbamates (subject to hydrolysis) is 1. The number of halogens is 4. The van der Waals surface area contributed by atoms with E-state index in [9.17, 15) is 18.0 Å². The van der Waals surface area contributed by atoms with E-state index in [1.807, 2.05) is 4.90 Å². The van der Waals surface area contributed by atoms with Gasteiger partial charge in [-0.25, -0.2) is 9.78 Å². The van der Waals surface area contributed by atoms with Crippen molar-refractivity contribution < 1.29 is 22.7 Å². The molecular weight excluding hydrogens is 361 g/mol. The summed E-state index contributed by atoms with van der Waals surface area (Å²) in [5.41, 5.74) is -0.857. The van der Waals surface area contributed by atoms with Gasteiger partial charge < -0.3 is 15.0 Å². The van der Waals surface area contributed by atoms with Crippen molar-refractivity contribution in [1.82, 2.24) is 15.2 Å². The number of ether oxygens (including phenoxy) is 1. The summed E-state index contributed by atoms with van der Waals surface area (Å²) >= 11 is 5.97. The minimum atomic E-state index is -4.46. The van der Waals surface area contributed by atoms with Gasteiger partial charge in [0.15, 0.2) is 0 Å². The van der Waals surface area contributed by atoms with E-state index < -0.39 is 17.8 Å². The molecule has 1 aliphatic rings. The quantitative estimate of drug-likeness (QED) is 0.851. The molecule has 2 heterocycles. The molecule has 0 saturated carbocycles.